The van der Waals surface area contributed by atoms with Gasteiger partial charge in [0.1, 0.15) is 19.3 Å². The zero-order valence-corrected chi connectivity index (χ0v) is 14.5. The van der Waals surface area contributed by atoms with Crippen LogP contribution in [0.25, 0.3) is 0 Å². The minimum atomic E-state index is 0.470. The molecule has 24 heavy (non-hydrogen) atoms. The lowest BCUT2D eigenvalue weighted by Crippen LogP contribution is -1.99. The molecule has 1 heterocycles. The number of methoxy groups -OCH3 is 1. The molecule has 0 unspecified atom stereocenters. The van der Waals surface area contributed by atoms with Crippen molar-refractivity contribution in [2.45, 2.75) is 6.61 Å². The van der Waals surface area contributed by atoms with Gasteiger partial charge in [0.25, 0.3) is 0 Å². The molecule has 0 amide bonds. The van der Waals surface area contributed by atoms with Crippen molar-refractivity contribution in [1.82, 2.24) is 14.9 Å². The molecule has 0 aliphatic carbocycles. The van der Waals surface area contributed by atoms with E-state index in [1.165, 1.54) is 17.3 Å². The van der Waals surface area contributed by atoms with Gasteiger partial charge in [-0.1, -0.05) is 30.3 Å². The fourth-order valence-electron chi connectivity index (χ4n) is 2.04. The summed E-state index contributed by atoms with van der Waals surface area (Å²) in [6.45, 7) is 0.470. The molecule has 0 radical (unpaired) electrons. The molecule has 0 spiro atoms. The lowest BCUT2D eigenvalue weighted by molar-refractivity contribution is 0.284. The van der Waals surface area contributed by atoms with Gasteiger partial charge in [-0.2, -0.15) is 5.10 Å². The number of rotatable bonds is 6. The maximum absolute atomic E-state index is 5.88. The van der Waals surface area contributed by atoms with Crippen LogP contribution >= 0.6 is 15.9 Å². The summed E-state index contributed by atoms with van der Waals surface area (Å²) >= 11 is 3.53. The lowest BCUT2D eigenvalue weighted by Gasteiger charge is -2.12. The lowest BCUT2D eigenvalue weighted by atomic mass is 10.2. The first-order chi connectivity index (χ1) is 11.8. The summed E-state index contributed by atoms with van der Waals surface area (Å²) in [7, 11) is 1.61. The third-order valence-corrected chi connectivity index (χ3v) is 3.94. The molecule has 0 atom stereocenters. The van der Waals surface area contributed by atoms with Gasteiger partial charge >= 0.3 is 0 Å². The molecule has 0 saturated carbocycles. The van der Waals surface area contributed by atoms with Crippen molar-refractivity contribution < 1.29 is 9.47 Å². The molecule has 2 aromatic carbocycles. The van der Waals surface area contributed by atoms with Crippen molar-refractivity contribution in [3.63, 3.8) is 0 Å². The second-order valence-electron chi connectivity index (χ2n) is 4.89. The Balaban J connectivity index is 1.79. The van der Waals surface area contributed by atoms with Crippen molar-refractivity contribution in [3.05, 3.63) is 70.7 Å². The zero-order chi connectivity index (χ0) is 16.8. The number of hydrogen-bond donors (Lipinski definition) is 0. The van der Waals surface area contributed by atoms with E-state index in [9.17, 15) is 0 Å². The Kier molecular flexibility index (Phi) is 5.22. The van der Waals surface area contributed by atoms with Crippen LogP contribution in [0.3, 0.4) is 0 Å². The topological polar surface area (TPSA) is 61.5 Å². The summed E-state index contributed by atoms with van der Waals surface area (Å²) in [4.78, 5) is 0. The van der Waals surface area contributed by atoms with Gasteiger partial charge in [-0.25, -0.2) is 4.68 Å². The summed E-state index contributed by atoms with van der Waals surface area (Å²) in [5.41, 5.74) is 1.95. The van der Waals surface area contributed by atoms with Gasteiger partial charge in [-0.15, -0.1) is 10.2 Å². The number of halogens is 1. The van der Waals surface area contributed by atoms with Gasteiger partial charge in [0, 0.05) is 10.0 Å². The first-order valence-corrected chi connectivity index (χ1v) is 7.99. The molecule has 1 aromatic heterocycles. The second kappa shape index (κ2) is 7.74. The highest BCUT2D eigenvalue weighted by atomic mass is 79.9. The highest BCUT2D eigenvalue weighted by molar-refractivity contribution is 9.10. The Morgan fingerprint density at radius 2 is 1.88 bits per heavy atom. The van der Waals surface area contributed by atoms with Crippen molar-refractivity contribution in [1.29, 1.82) is 0 Å². The monoisotopic (exact) mass is 386 g/mol. The molecular formula is C17H15BrN4O2. The molecule has 3 aromatic rings. The quantitative estimate of drug-likeness (QED) is 0.608. The normalized spacial score (nSPS) is 10.9. The molecule has 122 valence electrons. The highest BCUT2D eigenvalue weighted by Gasteiger charge is 2.10. The van der Waals surface area contributed by atoms with Gasteiger partial charge in [0.2, 0.25) is 0 Å². The molecule has 0 aliphatic rings. The SMILES string of the molecule is COc1cc(C=Nn2cnnc2)c(Br)cc1OCc1ccccc1. The summed E-state index contributed by atoms with van der Waals surface area (Å²) in [6.07, 6.45) is 4.72. The number of nitrogens with zero attached hydrogens (tertiary/aromatic N) is 4. The van der Waals surface area contributed by atoms with E-state index in [-0.39, 0.29) is 0 Å². The molecule has 0 fully saturated rings. The minimum absolute atomic E-state index is 0.470. The van der Waals surface area contributed by atoms with Gasteiger partial charge in [0.15, 0.2) is 11.5 Å². The Hall–Kier alpha value is -2.67. The Morgan fingerprint density at radius 1 is 1.12 bits per heavy atom. The first kappa shape index (κ1) is 16.2. The van der Waals surface area contributed by atoms with Gasteiger partial charge in [-0.05, 0) is 33.6 Å². The predicted molar refractivity (Wildman–Crippen MR) is 94.5 cm³/mol. The molecule has 0 aliphatic heterocycles. The third kappa shape index (κ3) is 3.99. The van der Waals surface area contributed by atoms with E-state index < -0.39 is 0 Å². The third-order valence-electron chi connectivity index (χ3n) is 3.26. The van der Waals surface area contributed by atoms with E-state index in [4.69, 9.17) is 9.47 Å². The average molecular weight is 387 g/mol. The zero-order valence-electron chi connectivity index (χ0n) is 13.0. The van der Waals surface area contributed by atoms with Crippen molar-refractivity contribution in [2.75, 3.05) is 7.11 Å². The van der Waals surface area contributed by atoms with Crippen LogP contribution in [-0.2, 0) is 6.61 Å². The maximum atomic E-state index is 5.88. The van der Waals surface area contributed by atoms with Crippen molar-refractivity contribution in [2.24, 2.45) is 5.10 Å². The largest absolute Gasteiger partial charge is 0.493 e. The number of ether oxygens (including phenoxy) is 2. The number of hydrogen-bond acceptors (Lipinski definition) is 5. The van der Waals surface area contributed by atoms with Crippen LogP contribution in [0.4, 0.5) is 0 Å². The molecule has 0 saturated heterocycles. The molecule has 3 rings (SSSR count). The van der Waals surface area contributed by atoms with Crippen LogP contribution in [0.5, 0.6) is 11.5 Å². The van der Waals surface area contributed by atoms with Crippen LogP contribution < -0.4 is 9.47 Å². The smallest absolute Gasteiger partial charge is 0.162 e. The van der Waals surface area contributed by atoms with Crippen LogP contribution in [0, 0.1) is 0 Å². The fraction of sp³-hybridized carbons (Fsp3) is 0.118. The molecule has 6 nitrogen and oxygen atoms in total. The van der Waals surface area contributed by atoms with Gasteiger partial charge in [0.05, 0.1) is 13.3 Å². The van der Waals surface area contributed by atoms with Crippen LogP contribution in [0.15, 0.2) is 64.7 Å². The highest BCUT2D eigenvalue weighted by Crippen LogP contribution is 2.33. The van der Waals surface area contributed by atoms with Crippen LogP contribution in [0.1, 0.15) is 11.1 Å². The van der Waals surface area contributed by atoms with Gasteiger partial charge in [-0.3, -0.25) is 0 Å². The molecular weight excluding hydrogens is 372 g/mol. The average Bonchev–Trinajstić information content (AvgIpc) is 3.13. The Morgan fingerprint density at radius 3 is 2.58 bits per heavy atom. The fourth-order valence-corrected chi connectivity index (χ4v) is 2.47. The second-order valence-corrected chi connectivity index (χ2v) is 5.74. The Bertz CT molecular complexity index is 820. The van der Waals surface area contributed by atoms with Crippen LogP contribution in [0.2, 0.25) is 0 Å². The van der Waals surface area contributed by atoms with E-state index in [1.54, 1.807) is 13.3 Å². The summed E-state index contributed by atoms with van der Waals surface area (Å²) in [6, 6.07) is 13.7. The number of benzene rings is 2. The van der Waals surface area contributed by atoms with Crippen molar-refractivity contribution in [3.8, 4) is 11.5 Å². The van der Waals surface area contributed by atoms with E-state index in [2.05, 4.69) is 31.2 Å². The van der Waals surface area contributed by atoms with Gasteiger partial charge < -0.3 is 9.47 Å². The molecule has 7 heteroatoms. The minimum Gasteiger partial charge on any atom is -0.493 e. The number of aromatic nitrogens is 3. The van der Waals surface area contributed by atoms with Crippen LogP contribution in [-0.4, -0.2) is 28.2 Å². The van der Waals surface area contributed by atoms with E-state index in [0.29, 0.717) is 18.1 Å². The molecule has 0 bridgehead atoms. The van der Waals surface area contributed by atoms with E-state index >= 15 is 0 Å². The predicted octanol–water partition coefficient (Wildman–Crippen LogP) is 3.51. The maximum Gasteiger partial charge on any atom is 0.162 e. The summed E-state index contributed by atoms with van der Waals surface area (Å²) in [5.74, 6) is 1.30. The summed E-state index contributed by atoms with van der Waals surface area (Å²) < 4.78 is 13.7. The summed E-state index contributed by atoms with van der Waals surface area (Å²) in [5, 5.41) is 11.6. The van der Waals surface area contributed by atoms with E-state index in [1.807, 2.05) is 42.5 Å². The standard InChI is InChI=1S/C17H15BrN4O2/c1-23-16-7-14(9-21-22-11-19-20-12-22)15(18)8-17(16)24-10-13-5-3-2-4-6-13/h2-9,11-12H,10H2,1H3. The van der Waals surface area contributed by atoms with E-state index in [0.717, 1.165) is 15.6 Å². The first-order valence-electron chi connectivity index (χ1n) is 7.19. The Labute approximate surface area is 147 Å². The molecule has 0 N–H and O–H groups in total. The van der Waals surface area contributed by atoms with Crippen molar-refractivity contribution >= 4 is 22.1 Å².